The number of rotatable bonds is 8. The van der Waals surface area contributed by atoms with Crippen LogP contribution in [0.3, 0.4) is 0 Å². The topological polar surface area (TPSA) is 99.0 Å². The van der Waals surface area contributed by atoms with E-state index in [4.69, 9.17) is 9.47 Å². The van der Waals surface area contributed by atoms with Gasteiger partial charge in [-0.2, -0.15) is 0 Å². The van der Waals surface area contributed by atoms with Gasteiger partial charge in [-0.3, -0.25) is 19.7 Å². The minimum Gasteiger partial charge on any atom is -0.493 e. The molecule has 0 atom stereocenters. The number of benzene rings is 2. The van der Waals surface area contributed by atoms with Crippen molar-refractivity contribution in [2.45, 2.75) is 57.5 Å². The number of carbonyl (C=O) groups excluding carboxylic acids is 2. The number of nitrogens with zero attached hydrogens (tertiary/aromatic N) is 2. The quantitative estimate of drug-likeness (QED) is 0.237. The van der Waals surface area contributed by atoms with Crippen molar-refractivity contribution in [3.8, 4) is 11.5 Å². The number of Topliss-reactive ketones (excluding diaryl/α,β-unsaturated/α-hetero) is 2. The zero-order valence-electron chi connectivity index (χ0n) is 22.3. The number of ketones is 2. The van der Waals surface area contributed by atoms with E-state index in [2.05, 4.69) is 11.5 Å². The first-order valence-corrected chi connectivity index (χ1v) is 13.3. The highest BCUT2D eigenvalue weighted by Crippen LogP contribution is 2.50. The number of hydrogen-bond acceptors (Lipinski definition) is 7. The van der Waals surface area contributed by atoms with Crippen molar-refractivity contribution in [3.63, 3.8) is 0 Å². The second-order valence-electron chi connectivity index (χ2n) is 10.2. The van der Waals surface area contributed by atoms with Gasteiger partial charge in [0.1, 0.15) is 6.61 Å². The molecule has 202 valence electrons. The first-order valence-electron chi connectivity index (χ1n) is 13.3. The van der Waals surface area contributed by atoms with Gasteiger partial charge in [0.05, 0.1) is 12.0 Å². The minimum absolute atomic E-state index is 0.0167. The van der Waals surface area contributed by atoms with E-state index in [9.17, 15) is 19.7 Å². The molecule has 39 heavy (non-hydrogen) atoms. The summed E-state index contributed by atoms with van der Waals surface area (Å²) in [6.07, 6.45) is 6.47. The Morgan fingerprint density at radius 2 is 1.64 bits per heavy atom. The third-order valence-corrected chi connectivity index (χ3v) is 7.85. The summed E-state index contributed by atoms with van der Waals surface area (Å²) in [6, 6.07) is 10.1. The molecule has 0 aromatic heterocycles. The number of nitro groups is 1. The largest absolute Gasteiger partial charge is 0.493 e. The van der Waals surface area contributed by atoms with E-state index >= 15 is 0 Å². The van der Waals surface area contributed by atoms with Crippen LogP contribution in [0.2, 0.25) is 0 Å². The van der Waals surface area contributed by atoms with Crippen LogP contribution in [-0.2, 0) is 22.6 Å². The highest BCUT2D eigenvalue weighted by molar-refractivity contribution is 6.06. The van der Waals surface area contributed by atoms with E-state index in [1.165, 1.54) is 12.1 Å². The van der Waals surface area contributed by atoms with Gasteiger partial charge >= 0.3 is 0 Å². The summed E-state index contributed by atoms with van der Waals surface area (Å²) in [5.41, 5.74) is 5.95. The summed E-state index contributed by atoms with van der Waals surface area (Å²) in [4.78, 5) is 39.4. The Hall–Kier alpha value is -4.20. The van der Waals surface area contributed by atoms with Crippen LogP contribution >= 0.6 is 0 Å². The molecule has 0 amide bonds. The fraction of sp³-hybridized carbons (Fsp3) is 0.355. The van der Waals surface area contributed by atoms with Crippen LogP contribution in [0.5, 0.6) is 11.5 Å². The summed E-state index contributed by atoms with van der Waals surface area (Å²) in [6.45, 7) is 4.10. The van der Waals surface area contributed by atoms with Crippen LogP contribution in [0, 0.1) is 10.1 Å². The van der Waals surface area contributed by atoms with Gasteiger partial charge in [0, 0.05) is 66.0 Å². The molecule has 0 N–H and O–H groups in total. The summed E-state index contributed by atoms with van der Waals surface area (Å²) in [7, 11) is 3.55. The number of carbonyl (C=O) groups is 2. The van der Waals surface area contributed by atoms with Crippen molar-refractivity contribution in [2.75, 3.05) is 14.2 Å². The summed E-state index contributed by atoms with van der Waals surface area (Å²) in [5.74, 6) is 0.802. The molecule has 5 rings (SSSR count). The average molecular weight is 529 g/mol. The van der Waals surface area contributed by atoms with Crippen LogP contribution in [0.4, 0.5) is 5.69 Å². The Kier molecular flexibility index (Phi) is 7.37. The van der Waals surface area contributed by atoms with Crippen molar-refractivity contribution in [1.29, 1.82) is 0 Å². The molecular weight excluding hydrogens is 496 g/mol. The first kappa shape index (κ1) is 26.4. The molecule has 2 aromatic rings. The maximum atomic E-state index is 13.4. The molecule has 8 heteroatoms. The standard InChI is InChI=1S/C31H32N2O6/c1-4-7-20-16-21(17-27(38-3)31(20)39-18-19-12-14-22(15-13-19)33(36)37)28-29-23(8-5-10-25(29)34)32(2)24-9-6-11-26(35)30(24)28/h4,12-17,28H,1,5-11,18H2,2-3H3. The molecule has 2 aliphatic carbocycles. The van der Waals surface area contributed by atoms with Gasteiger partial charge < -0.3 is 14.4 Å². The summed E-state index contributed by atoms with van der Waals surface area (Å²) >= 11 is 0. The fourth-order valence-electron chi connectivity index (χ4n) is 6.03. The van der Waals surface area contributed by atoms with Crippen molar-refractivity contribution in [3.05, 3.63) is 98.4 Å². The zero-order valence-corrected chi connectivity index (χ0v) is 22.3. The van der Waals surface area contributed by atoms with Gasteiger partial charge in [0.15, 0.2) is 23.1 Å². The molecule has 0 saturated heterocycles. The Bertz CT molecular complexity index is 1380. The zero-order chi connectivity index (χ0) is 27.7. The molecule has 0 radical (unpaired) electrons. The minimum atomic E-state index is -0.437. The molecule has 1 aliphatic heterocycles. The molecule has 1 heterocycles. The molecule has 0 unspecified atom stereocenters. The molecular formula is C31H32N2O6. The number of methoxy groups -OCH3 is 1. The highest BCUT2D eigenvalue weighted by atomic mass is 16.6. The third kappa shape index (κ3) is 4.87. The first-order chi connectivity index (χ1) is 18.8. The number of hydrogen-bond donors (Lipinski definition) is 0. The van der Waals surface area contributed by atoms with Gasteiger partial charge in [-0.05, 0) is 61.4 Å². The third-order valence-electron chi connectivity index (χ3n) is 7.85. The van der Waals surface area contributed by atoms with Crippen molar-refractivity contribution in [1.82, 2.24) is 4.90 Å². The van der Waals surface area contributed by atoms with Crippen molar-refractivity contribution < 1.29 is 24.0 Å². The predicted molar refractivity (Wildman–Crippen MR) is 147 cm³/mol. The second kappa shape index (κ2) is 10.9. The molecule has 2 aromatic carbocycles. The van der Waals surface area contributed by atoms with Crippen molar-refractivity contribution in [2.24, 2.45) is 0 Å². The molecule has 0 fully saturated rings. The monoisotopic (exact) mass is 528 g/mol. The lowest BCUT2D eigenvalue weighted by Crippen LogP contribution is -2.37. The molecule has 0 spiro atoms. The second-order valence-corrected chi connectivity index (χ2v) is 10.2. The van der Waals surface area contributed by atoms with Gasteiger partial charge in [0.25, 0.3) is 5.69 Å². The Balaban J connectivity index is 1.58. The number of non-ortho nitro benzene ring substituents is 1. The fourth-order valence-corrected chi connectivity index (χ4v) is 6.03. The van der Waals surface area contributed by atoms with Crippen LogP contribution in [0.15, 0.2) is 71.6 Å². The normalized spacial score (nSPS) is 17.6. The van der Waals surface area contributed by atoms with E-state index < -0.39 is 10.8 Å². The van der Waals surface area contributed by atoms with E-state index in [1.807, 2.05) is 19.2 Å². The van der Waals surface area contributed by atoms with Gasteiger partial charge in [-0.15, -0.1) is 6.58 Å². The molecule has 8 nitrogen and oxygen atoms in total. The van der Waals surface area contributed by atoms with Crippen LogP contribution in [0.1, 0.15) is 61.1 Å². The maximum Gasteiger partial charge on any atom is 0.269 e. The Labute approximate surface area is 227 Å². The number of ether oxygens (including phenoxy) is 2. The maximum absolute atomic E-state index is 13.4. The van der Waals surface area contributed by atoms with E-state index in [0.29, 0.717) is 30.8 Å². The SMILES string of the molecule is C=CCc1cc(C2C3=C(CCCC3=O)N(C)C3=C2C(=O)CCC3)cc(OC)c1OCc1ccc([N+](=O)[O-])cc1. The molecule has 3 aliphatic rings. The van der Waals surface area contributed by atoms with Crippen LogP contribution < -0.4 is 9.47 Å². The summed E-state index contributed by atoms with van der Waals surface area (Å²) in [5, 5.41) is 11.0. The molecule has 0 saturated carbocycles. The van der Waals surface area contributed by atoms with Crippen LogP contribution in [-0.4, -0.2) is 35.5 Å². The predicted octanol–water partition coefficient (Wildman–Crippen LogP) is 5.95. The highest BCUT2D eigenvalue weighted by Gasteiger charge is 2.42. The van der Waals surface area contributed by atoms with E-state index in [0.717, 1.165) is 64.9 Å². The van der Waals surface area contributed by atoms with Gasteiger partial charge in [0.2, 0.25) is 0 Å². The smallest absolute Gasteiger partial charge is 0.269 e. The van der Waals surface area contributed by atoms with E-state index in [-0.39, 0.29) is 23.9 Å². The number of allylic oxidation sites excluding steroid dienone is 5. The average Bonchev–Trinajstić information content (AvgIpc) is 2.93. The lowest BCUT2D eigenvalue weighted by Gasteiger charge is -2.42. The summed E-state index contributed by atoms with van der Waals surface area (Å²) < 4.78 is 12.0. The van der Waals surface area contributed by atoms with E-state index in [1.54, 1.807) is 25.3 Å². The lowest BCUT2D eigenvalue weighted by atomic mass is 9.71. The Morgan fingerprint density at radius 3 is 2.18 bits per heavy atom. The number of nitro benzene ring substituents is 1. The van der Waals surface area contributed by atoms with Crippen LogP contribution in [0.25, 0.3) is 0 Å². The molecule has 0 bridgehead atoms. The lowest BCUT2D eigenvalue weighted by molar-refractivity contribution is -0.384. The Morgan fingerprint density at radius 1 is 1.03 bits per heavy atom. The van der Waals surface area contributed by atoms with Gasteiger partial charge in [-0.1, -0.05) is 12.1 Å². The van der Waals surface area contributed by atoms with Gasteiger partial charge in [-0.25, -0.2) is 0 Å². The van der Waals surface area contributed by atoms with Crippen molar-refractivity contribution >= 4 is 17.3 Å².